The molecule has 1 amide bonds. The number of benzene rings is 1. The number of aromatic amines is 1. The van der Waals surface area contributed by atoms with E-state index in [0.717, 1.165) is 33.9 Å². The number of H-pyrrole nitrogens is 1. The lowest BCUT2D eigenvalue weighted by atomic mass is 10.1. The van der Waals surface area contributed by atoms with Crippen LogP contribution in [-0.2, 0) is 11.2 Å². The van der Waals surface area contributed by atoms with Crippen molar-refractivity contribution in [3.8, 4) is 5.82 Å². The number of nitrogens with zero attached hydrogens (tertiary/aromatic N) is 4. The zero-order valence-corrected chi connectivity index (χ0v) is 15.9. The first-order chi connectivity index (χ1) is 13.6. The van der Waals surface area contributed by atoms with Gasteiger partial charge in [0, 0.05) is 30.3 Å². The van der Waals surface area contributed by atoms with Crippen molar-refractivity contribution in [2.24, 2.45) is 0 Å². The Balaban J connectivity index is 1.38. The van der Waals surface area contributed by atoms with Crippen LogP contribution >= 0.6 is 0 Å². The zero-order chi connectivity index (χ0) is 19.5. The molecule has 0 radical (unpaired) electrons. The molecule has 0 unspecified atom stereocenters. The Morgan fingerprint density at radius 1 is 1.21 bits per heavy atom. The van der Waals surface area contributed by atoms with Crippen LogP contribution in [0, 0.1) is 6.92 Å². The van der Waals surface area contributed by atoms with Gasteiger partial charge in [0.25, 0.3) is 0 Å². The van der Waals surface area contributed by atoms with Gasteiger partial charge < -0.3 is 10.3 Å². The number of para-hydroxylation sites is 2. The van der Waals surface area contributed by atoms with Gasteiger partial charge in [-0.25, -0.2) is 14.6 Å². The van der Waals surface area contributed by atoms with Crippen molar-refractivity contribution < 1.29 is 4.79 Å². The average Bonchev–Trinajstić information content (AvgIpc) is 3.30. The minimum atomic E-state index is -0.138. The average molecular weight is 374 g/mol. The molecule has 0 saturated heterocycles. The van der Waals surface area contributed by atoms with Crippen molar-refractivity contribution in [2.75, 3.05) is 0 Å². The minimum absolute atomic E-state index is 0.0158. The third kappa shape index (κ3) is 3.64. The number of carbonyl (C=O) groups excluding carboxylic acids is 1. The van der Waals surface area contributed by atoms with E-state index in [1.54, 1.807) is 17.1 Å². The summed E-state index contributed by atoms with van der Waals surface area (Å²) in [4.78, 5) is 24.5. The van der Waals surface area contributed by atoms with E-state index < -0.39 is 0 Å². The van der Waals surface area contributed by atoms with Crippen LogP contribution in [0.1, 0.15) is 36.5 Å². The van der Waals surface area contributed by atoms with Crippen molar-refractivity contribution in [2.45, 2.75) is 32.7 Å². The van der Waals surface area contributed by atoms with E-state index in [1.807, 2.05) is 56.3 Å². The van der Waals surface area contributed by atoms with Gasteiger partial charge >= 0.3 is 0 Å². The molecule has 7 heteroatoms. The van der Waals surface area contributed by atoms with Crippen molar-refractivity contribution in [3.05, 3.63) is 71.9 Å². The predicted octanol–water partition coefficient (Wildman–Crippen LogP) is 3.26. The second-order valence-corrected chi connectivity index (χ2v) is 6.77. The van der Waals surface area contributed by atoms with Gasteiger partial charge in [0.15, 0.2) is 5.82 Å². The van der Waals surface area contributed by atoms with Crippen LogP contribution in [0.15, 0.2) is 54.9 Å². The van der Waals surface area contributed by atoms with E-state index in [0.29, 0.717) is 12.8 Å². The van der Waals surface area contributed by atoms with Crippen LogP contribution in [0.2, 0.25) is 0 Å². The van der Waals surface area contributed by atoms with Crippen LogP contribution in [0.4, 0.5) is 0 Å². The fourth-order valence-corrected chi connectivity index (χ4v) is 3.30. The second kappa shape index (κ2) is 7.64. The fraction of sp³-hybridized carbons (Fsp3) is 0.238. The molecule has 0 bridgehead atoms. The van der Waals surface area contributed by atoms with Gasteiger partial charge in [-0.3, -0.25) is 4.79 Å². The quantitative estimate of drug-likeness (QED) is 0.542. The first-order valence-electron chi connectivity index (χ1n) is 9.31. The predicted molar refractivity (Wildman–Crippen MR) is 107 cm³/mol. The standard InChI is InChI=1S/C21H22N6O/c1-14(16-13-23-27(15(16)2)20-9-5-6-12-22-20)24-21(28)11-10-19-25-17-7-3-4-8-18(17)26-19/h3-9,12-14H,10-11H2,1-2H3,(H,24,28)(H,25,26)/t14-/m0/s1. The molecule has 3 aromatic heterocycles. The summed E-state index contributed by atoms with van der Waals surface area (Å²) in [6.45, 7) is 3.94. The lowest BCUT2D eigenvalue weighted by Crippen LogP contribution is -2.27. The molecule has 1 aromatic carbocycles. The number of aryl methyl sites for hydroxylation is 1. The molecule has 4 aromatic rings. The molecule has 0 fully saturated rings. The normalized spacial score (nSPS) is 12.2. The summed E-state index contributed by atoms with van der Waals surface area (Å²) in [5, 5.41) is 7.47. The second-order valence-electron chi connectivity index (χ2n) is 6.77. The lowest BCUT2D eigenvalue weighted by molar-refractivity contribution is -0.121. The summed E-state index contributed by atoms with van der Waals surface area (Å²) < 4.78 is 1.78. The highest BCUT2D eigenvalue weighted by Gasteiger charge is 2.17. The zero-order valence-electron chi connectivity index (χ0n) is 15.9. The molecule has 2 N–H and O–H groups in total. The molecule has 3 heterocycles. The number of hydrogen-bond donors (Lipinski definition) is 2. The summed E-state index contributed by atoms with van der Waals surface area (Å²) >= 11 is 0. The Kier molecular flexibility index (Phi) is 4.89. The fourth-order valence-electron chi connectivity index (χ4n) is 3.30. The number of carbonyl (C=O) groups is 1. The van der Waals surface area contributed by atoms with Gasteiger partial charge in [-0.15, -0.1) is 0 Å². The first kappa shape index (κ1) is 17.9. The van der Waals surface area contributed by atoms with Gasteiger partial charge in [-0.2, -0.15) is 5.10 Å². The van der Waals surface area contributed by atoms with Crippen LogP contribution in [-0.4, -0.2) is 30.6 Å². The molecule has 0 spiro atoms. The molecule has 0 aliphatic heterocycles. The van der Waals surface area contributed by atoms with E-state index >= 15 is 0 Å². The molecule has 142 valence electrons. The molecule has 28 heavy (non-hydrogen) atoms. The lowest BCUT2D eigenvalue weighted by Gasteiger charge is -2.14. The number of pyridine rings is 1. The number of nitrogens with one attached hydrogen (secondary N) is 2. The maximum atomic E-state index is 12.4. The van der Waals surface area contributed by atoms with Crippen LogP contribution in [0.5, 0.6) is 0 Å². The van der Waals surface area contributed by atoms with Gasteiger partial charge in [0.1, 0.15) is 5.82 Å². The highest BCUT2D eigenvalue weighted by atomic mass is 16.1. The third-order valence-electron chi connectivity index (χ3n) is 4.79. The minimum Gasteiger partial charge on any atom is -0.349 e. The van der Waals surface area contributed by atoms with Crippen molar-refractivity contribution >= 4 is 16.9 Å². The van der Waals surface area contributed by atoms with Gasteiger partial charge in [-0.05, 0) is 38.1 Å². The van der Waals surface area contributed by atoms with E-state index in [1.165, 1.54) is 0 Å². The summed E-state index contributed by atoms with van der Waals surface area (Å²) in [6.07, 6.45) is 4.46. The SMILES string of the molecule is Cc1c([C@H](C)NC(=O)CCc2nc3ccccc3[nH]2)cnn1-c1ccccn1. The Morgan fingerprint density at radius 3 is 2.82 bits per heavy atom. The number of aromatic nitrogens is 5. The Bertz CT molecular complexity index is 1070. The molecule has 4 rings (SSSR count). The number of hydrogen-bond acceptors (Lipinski definition) is 4. The molecule has 1 atom stereocenters. The number of fused-ring (bicyclic) bond motifs is 1. The van der Waals surface area contributed by atoms with Gasteiger partial charge in [0.05, 0.1) is 23.3 Å². The maximum absolute atomic E-state index is 12.4. The number of imidazole rings is 1. The van der Waals surface area contributed by atoms with Crippen molar-refractivity contribution in [1.29, 1.82) is 0 Å². The monoisotopic (exact) mass is 374 g/mol. The maximum Gasteiger partial charge on any atom is 0.220 e. The summed E-state index contributed by atoms with van der Waals surface area (Å²) in [6, 6.07) is 13.4. The number of rotatable bonds is 6. The smallest absolute Gasteiger partial charge is 0.220 e. The molecular weight excluding hydrogens is 352 g/mol. The Hall–Kier alpha value is -3.48. The number of amides is 1. The van der Waals surface area contributed by atoms with Crippen LogP contribution in [0.3, 0.4) is 0 Å². The van der Waals surface area contributed by atoms with Gasteiger partial charge in [0.2, 0.25) is 5.91 Å². The Morgan fingerprint density at radius 2 is 2.04 bits per heavy atom. The largest absolute Gasteiger partial charge is 0.349 e. The topological polar surface area (TPSA) is 88.5 Å². The van der Waals surface area contributed by atoms with E-state index in [-0.39, 0.29) is 11.9 Å². The highest BCUT2D eigenvalue weighted by Crippen LogP contribution is 2.19. The first-order valence-corrected chi connectivity index (χ1v) is 9.31. The van der Waals surface area contributed by atoms with Crippen LogP contribution < -0.4 is 5.32 Å². The van der Waals surface area contributed by atoms with Crippen LogP contribution in [0.25, 0.3) is 16.9 Å². The summed E-state index contributed by atoms with van der Waals surface area (Å²) in [7, 11) is 0. The van der Waals surface area contributed by atoms with E-state index in [4.69, 9.17) is 0 Å². The van der Waals surface area contributed by atoms with Crippen molar-refractivity contribution in [3.63, 3.8) is 0 Å². The van der Waals surface area contributed by atoms with Gasteiger partial charge in [-0.1, -0.05) is 18.2 Å². The van der Waals surface area contributed by atoms with E-state index in [2.05, 4.69) is 25.4 Å². The summed E-state index contributed by atoms with van der Waals surface area (Å²) in [5.41, 5.74) is 3.85. The molecule has 0 aliphatic rings. The highest BCUT2D eigenvalue weighted by molar-refractivity contribution is 5.77. The van der Waals surface area contributed by atoms with Crippen molar-refractivity contribution in [1.82, 2.24) is 30.0 Å². The molecule has 7 nitrogen and oxygen atoms in total. The molecule has 0 aliphatic carbocycles. The Labute approximate surface area is 162 Å². The molecule has 0 saturated carbocycles. The van der Waals surface area contributed by atoms with E-state index in [9.17, 15) is 4.79 Å². The molecular formula is C21H22N6O. The third-order valence-corrected chi connectivity index (χ3v) is 4.79. The summed E-state index contributed by atoms with van der Waals surface area (Å²) in [5.74, 6) is 1.57.